The van der Waals surface area contributed by atoms with Crippen molar-refractivity contribution in [2.24, 2.45) is 12.8 Å². The van der Waals surface area contributed by atoms with E-state index in [1.54, 1.807) is 24.1 Å². The van der Waals surface area contributed by atoms with Crippen LogP contribution in [0.5, 0.6) is 0 Å². The molecular formula is C12H15ClN4OS. The van der Waals surface area contributed by atoms with Crippen LogP contribution in [0.3, 0.4) is 0 Å². The van der Waals surface area contributed by atoms with Crippen molar-refractivity contribution in [3.05, 3.63) is 39.3 Å². The quantitative estimate of drug-likeness (QED) is 0.878. The van der Waals surface area contributed by atoms with E-state index < -0.39 is 6.04 Å². The Labute approximate surface area is 120 Å². The van der Waals surface area contributed by atoms with Gasteiger partial charge in [-0.25, -0.2) is 0 Å². The molecule has 1 atom stereocenters. The van der Waals surface area contributed by atoms with Crippen molar-refractivity contribution in [2.75, 3.05) is 6.54 Å². The standard InChI is InChI=1S/C12H15ClN4OS/c1-17-7-8(6-16-17)11(14)12(18)15-5-4-9-2-3-10(13)19-9/h2-3,6-7,11H,4-5,14H2,1H3,(H,15,18). The van der Waals surface area contributed by atoms with Crippen molar-refractivity contribution in [1.82, 2.24) is 15.1 Å². The van der Waals surface area contributed by atoms with Gasteiger partial charge in [-0.15, -0.1) is 11.3 Å². The first-order chi connectivity index (χ1) is 9.06. The molecular weight excluding hydrogens is 284 g/mol. The van der Waals surface area contributed by atoms with E-state index in [2.05, 4.69) is 10.4 Å². The van der Waals surface area contributed by atoms with Crippen molar-refractivity contribution in [3.8, 4) is 0 Å². The number of halogens is 1. The molecule has 3 N–H and O–H groups in total. The van der Waals surface area contributed by atoms with Crippen LogP contribution in [0.2, 0.25) is 4.34 Å². The van der Waals surface area contributed by atoms with Gasteiger partial charge in [-0.05, 0) is 18.6 Å². The molecule has 0 fully saturated rings. The molecule has 5 nitrogen and oxygen atoms in total. The monoisotopic (exact) mass is 298 g/mol. The number of carbonyl (C=O) groups excluding carboxylic acids is 1. The zero-order valence-electron chi connectivity index (χ0n) is 10.5. The lowest BCUT2D eigenvalue weighted by atomic mass is 10.1. The van der Waals surface area contributed by atoms with Gasteiger partial charge in [0, 0.05) is 30.2 Å². The fourth-order valence-electron chi connectivity index (χ4n) is 1.66. The maximum Gasteiger partial charge on any atom is 0.241 e. The topological polar surface area (TPSA) is 72.9 Å². The Balaban J connectivity index is 1.81. The molecule has 19 heavy (non-hydrogen) atoms. The average molecular weight is 299 g/mol. The summed E-state index contributed by atoms with van der Waals surface area (Å²) in [6.07, 6.45) is 4.09. The van der Waals surface area contributed by atoms with Crippen molar-refractivity contribution in [1.29, 1.82) is 0 Å². The smallest absolute Gasteiger partial charge is 0.241 e. The Morgan fingerprint density at radius 1 is 1.63 bits per heavy atom. The van der Waals surface area contributed by atoms with E-state index in [0.717, 1.165) is 15.6 Å². The first-order valence-electron chi connectivity index (χ1n) is 5.82. The molecule has 0 radical (unpaired) electrons. The van der Waals surface area contributed by atoms with Gasteiger partial charge in [0.1, 0.15) is 6.04 Å². The molecule has 0 aliphatic heterocycles. The third-order valence-electron chi connectivity index (χ3n) is 2.67. The van der Waals surface area contributed by atoms with Crippen molar-refractivity contribution in [2.45, 2.75) is 12.5 Å². The normalized spacial score (nSPS) is 12.4. The van der Waals surface area contributed by atoms with Gasteiger partial charge in [-0.1, -0.05) is 11.6 Å². The number of hydrogen-bond acceptors (Lipinski definition) is 4. The number of thiophene rings is 1. The summed E-state index contributed by atoms with van der Waals surface area (Å²) in [5.74, 6) is -0.198. The van der Waals surface area contributed by atoms with Gasteiger partial charge in [0.2, 0.25) is 5.91 Å². The summed E-state index contributed by atoms with van der Waals surface area (Å²) < 4.78 is 2.38. The van der Waals surface area contributed by atoms with Gasteiger partial charge in [-0.3, -0.25) is 9.48 Å². The Morgan fingerprint density at radius 2 is 2.42 bits per heavy atom. The molecule has 2 rings (SSSR count). The second kappa shape index (κ2) is 6.18. The largest absolute Gasteiger partial charge is 0.354 e. The lowest BCUT2D eigenvalue weighted by molar-refractivity contribution is -0.122. The SMILES string of the molecule is Cn1cc(C(N)C(=O)NCCc2ccc(Cl)s2)cn1. The highest BCUT2D eigenvalue weighted by Crippen LogP contribution is 2.21. The number of hydrogen-bond donors (Lipinski definition) is 2. The number of nitrogens with zero attached hydrogens (tertiary/aromatic N) is 2. The molecule has 0 aliphatic rings. The highest BCUT2D eigenvalue weighted by Gasteiger charge is 2.16. The summed E-state index contributed by atoms with van der Waals surface area (Å²) in [5.41, 5.74) is 6.56. The van der Waals surface area contributed by atoms with E-state index in [1.165, 1.54) is 11.3 Å². The highest BCUT2D eigenvalue weighted by atomic mass is 35.5. The lowest BCUT2D eigenvalue weighted by Crippen LogP contribution is -2.35. The van der Waals surface area contributed by atoms with E-state index in [4.69, 9.17) is 17.3 Å². The molecule has 1 amide bonds. The predicted molar refractivity (Wildman–Crippen MR) is 76.2 cm³/mol. The van der Waals surface area contributed by atoms with Crippen molar-refractivity contribution in [3.63, 3.8) is 0 Å². The summed E-state index contributed by atoms with van der Waals surface area (Å²) in [6, 6.07) is 3.13. The van der Waals surface area contributed by atoms with Crippen LogP contribution in [0.1, 0.15) is 16.5 Å². The van der Waals surface area contributed by atoms with Crippen LogP contribution in [-0.2, 0) is 18.3 Å². The Morgan fingerprint density at radius 3 is 3.00 bits per heavy atom. The zero-order chi connectivity index (χ0) is 13.8. The van der Waals surface area contributed by atoms with Gasteiger partial charge in [0.15, 0.2) is 0 Å². The Hall–Kier alpha value is -1.37. The first kappa shape index (κ1) is 14.0. The van der Waals surface area contributed by atoms with Crippen LogP contribution in [-0.4, -0.2) is 22.2 Å². The molecule has 1 unspecified atom stereocenters. The molecule has 102 valence electrons. The minimum Gasteiger partial charge on any atom is -0.354 e. The van der Waals surface area contributed by atoms with Crippen LogP contribution in [0.25, 0.3) is 0 Å². The number of rotatable bonds is 5. The molecule has 0 saturated heterocycles. The maximum absolute atomic E-state index is 11.9. The third-order valence-corrected chi connectivity index (χ3v) is 3.96. The van der Waals surface area contributed by atoms with Gasteiger partial charge < -0.3 is 11.1 Å². The summed E-state index contributed by atoms with van der Waals surface area (Å²) in [6.45, 7) is 0.545. The van der Waals surface area contributed by atoms with E-state index >= 15 is 0 Å². The third kappa shape index (κ3) is 3.79. The molecule has 0 saturated carbocycles. The van der Waals surface area contributed by atoms with Crippen LogP contribution in [0, 0.1) is 0 Å². The number of carbonyl (C=O) groups is 1. The van der Waals surface area contributed by atoms with Crippen LogP contribution in [0.15, 0.2) is 24.5 Å². The number of aryl methyl sites for hydroxylation is 1. The van der Waals surface area contributed by atoms with Gasteiger partial charge in [-0.2, -0.15) is 5.10 Å². The van der Waals surface area contributed by atoms with Gasteiger partial charge in [0.25, 0.3) is 0 Å². The zero-order valence-corrected chi connectivity index (χ0v) is 12.0. The maximum atomic E-state index is 11.9. The summed E-state index contributed by atoms with van der Waals surface area (Å²) in [7, 11) is 1.79. The first-order valence-corrected chi connectivity index (χ1v) is 7.02. The molecule has 0 aliphatic carbocycles. The number of nitrogens with two attached hydrogens (primary N) is 1. The molecule has 0 spiro atoms. The van der Waals surface area contributed by atoms with E-state index in [-0.39, 0.29) is 5.91 Å². The predicted octanol–water partition coefficient (Wildman–Crippen LogP) is 1.49. The van der Waals surface area contributed by atoms with Gasteiger partial charge >= 0.3 is 0 Å². The van der Waals surface area contributed by atoms with E-state index in [1.807, 2.05) is 12.1 Å². The summed E-state index contributed by atoms with van der Waals surface area (Å²) in [4.78, 5) is 13.0. The summed E-state index contributed by atoms with van der Waals surface area (Å²) in [5, 5.41) is 6.80. The molecule has 2 heterocycles. The van der Waals surface area contributed by atoms with Crippen LogP contribution in [0.4, 0.5) is 0 Å². The molecule has 2 aromatic heterocycles. The van der Waals surface area contributed by atoms with Crippen LogP contribution >= 0.6 is 22.9 Å². The molecule has 0 aromatic carbocycles. The summed E-state index contributed by atoms with van der Waals surface area (Å²) >= 11 is 7.35. The van der Waals surface area contributed by atoms with Crippen molar-refractivity contribution < 1.29 is 4.79 Å². The fraction of sp³-hybridized carbons (Fsp3) is 0.333. The minimum atomic E-state index is -0.680. The van der Waals surface area contributed by atoms with Crippen LogP contribution < -0.4 is 11.1 Å². The fourth-order valence-corrected chi connectivity index (χ4v) is 2.74. The van der Waals surface area contributed by atoms with E-state index in [9.17, 15) is 4.79 Å². The minimum absolute atomic E-state index is 0.198. The molecule has 2 aromatic rings. The lowest BCUT2D eigenvalue weighted by Gasteiger charge is -2.09. The second-order valence-corrected chi connectivity index (χ2v) is 5.97. The second-order valence-electron chi connectivity index (χ2n) is 4.17. The Kier molecular flexibility index (Phi) is 4.57. The molecule has 7 heteroatoms. The number of nitrogens with one attached hydrogen (secondary N) is 1. The van der Waals surface area contributed by atoms with Crippen molar-refractivity contribution >= 4 is 28.8 Å². The molecule has 0 bridgehead atoms. The number of amides is 1. The average Bonchev–Trinajstić information content (AvgIpc) is 2.97. The van der Waals surface area contributed by atoms with E-state index in [0.29, 0.717) is 12.1 Å². The number of aromatic nitrogens is 2. The Bertz CT molecular complexity index is 566. The highest BCUT2D eigenvalue weighted by molar-refractivity contribution is 7.16. The van der Waals surface area contributed by atoms with Gasteiger partial charge in [0.05, 0.1) is 10.5 Å².